The van der Waals surface area contributed by atoms with Crippen LogP contribution in [0.5, 0.6) is 0 Å². The summed E-state index contributed by atoms with van der Waals surface area (Å²) in [5.41, 5.74) is 5.70. The van der Waals surface area contributed by atoms with Crippen LogP contribution in [0.25, 0.3) is 0 Å². The second kappa shape index (κ2) is 5.13. The number of nitrogens with two attached hydrogens (primary N) is 1. The largest absolute Gasteiger partial charge is 0.368 e. The van der Waals surface area contributed by atoms with E-state index in [9.17, 15) is 0 Å². The Morgan fingerprint density at radius 2 is 2.16 bits per heavy atom. The van der Waals surface area contributed by atoms with Crippen LogP contribution >= 0.6 is 11.6 Å². The smallest absolute Gasteiger partial charge is 0.223 e. The average molecular weight is 282 g/mol. The molecule has 0 aliphatic carbocycles. The van der Waals surface area contributed by atoms with Gasteiger partial charge in [0, 0.05) is 31.2 Å². The molecule has 6 heteroatoms. The monoisotopic (exact) mass is 281 g/mol. The van der Waals surface area contributed by atoms with Crippen molar-refractivity contribution >= 4 is 23.4 Å². The Balaban J connectivity index is 1.83. The zero-order valence-electron chi connectivity index (χ0n) is 11.2. The zero-order valence-corrected chi connectivity index (χ0v) is 12.0. The maximum atomic E-state index is 5.99. The normalized spacial score (nSPS) is 28.2. The van der Waals surface area contributed by atoms with Crippen molar-refractivity contribution in [1.82, 2.24) is 14.9 Å². The van der Waals surface area contributed by atoms with Crippen LogP contribution in [0.1, 0.15) is 26.2 Å². The first kappa shape index (κ1) is 12.9. The zero-order chi connectivity index (χ0) is 13.4. The van der Waals surface area contributed by atoms with Gasteiger partial charge in [-0.3, -0.25) is 4.90 Å². The van der Waals surface area contributed by atoms with Crippen LogP contribution in [-0.2, 0) is 0 Å². The number of nitrogens with zero attached hydrogens (tertiary/aromatic N) is 4. The lowest BCUT2D eigenvalue weighted by atomic mass is 9.97. The number of fused-ring (bicyclic) bond motifs is 1. The molecule has 3 rings (SSSR count). The third kappa shape index (κ3) is 2.62. The molecule has 2 N–H and O–H groups in total. The molecule has 0 aromatic carbocycles. The van der Waals surface area contributed by atoms with E-state index in [0.717, 1.165) is 18.9 Å². The van der Waals surface area contributed by atoms with Gasteiger partial charge >= 0.3 is 0 Å². The van der Waals surface area contributed by atoms with E-state index >= 15 is 0 Å². The second-order valence-electron chi connectivity index (χ2n) is 5.55. The number of piperazine rings is 1. The molecular weight excluding hydrogens is 262 g/mol. The van der Waals surface area contributed by atoms with E-state index in [2.05, 4.69) is 26.7 Å². The lowest BCUT2D eigenvalue weighted by Gasteiger charge is -2.48. The van der Waals surface area contributed by atoms with Gasteiger partial charge in [-0.05, 0) is 26.3 Å². The van der Waals surface area contributed by atoms with Crippen LogP contribution in [0.4, 0.5) is 11.8 Å². The number of hydrogen-bond donors (Lipinski definition) is 1. The highest BCUT2D eigenvalue weighted by atomic mass is 35.5. The molecule has 1 aromatic heterocycles. The number of rotatable bonds is 1. The van der Waals surface area contributed by atoms with E-state index in [1.54, 1.807) is 0 Å². The Bertz CT molecular complexity index is 446. The van der Waals surface area contributed by atoms with E-state index < -0.39 is 0 Å². The Kier molecular flexibility index (Phi) is 3.50. The van der Waals surface area contributed by atoms with Crippen molar-refractivity contribution in [2.75, 3.05) is 30.3 Å². The van der Waals surface area contributed by atoms with Crippen LogP contribution in [0.15, 0.2) is 6.07 Å². The van der Waals surface area contributed by atoms with E-state index in [-0.39, 0.29) is 5.95 Å². The van der Waals surface area contributed by atoms with Crippen LogP contribution in [0, 0.1) is 0 Å². The van der Waals surface area contributed by atoms with Gasteiger partial charge in [0.25, 0.3) is 0 Å². The predicted octanol–water partition coefficient (Wildman–Crippen LogP) is 1.78. The van der Waals surface area contributed by atoms with Crippen LogP contribution in [-0.4, -0.2) is 46.6 Å². The summed E-state index contributed by atoms with van der Waals surface area (Å²) in [6.45, 7) is 5.56. The first-order valence-corrected chi connectivity index (χ1v) is 7.32. The third-order valence-electron chi connectivity index (χ3n) is 4.18. The standard InChI is InChI=1S/C13H20ClN5/c1-9-7-18-5-3-2-4-10(18)8-19(9)12-6-11(14)16-13(15)17-12/h6,9-10H,2-5,7-8H2,1H3,(H2,15,16,17). The molecule has 1 aromatic rings. The Hall–Kier alpha value is -1.07. The summed E-state index contributed by atoms with van der Waals surface area (Å²) < 4.78 is 0. The van der Waals surface area contributed by atoms with E-state index in [1.165, 1.54) is 25.8 Å². The lowest BCUT2D eigenvalue weighted by molar-refractivity contribution is 0.115. The molecule has 2 aliphatic heterocycles. The van der Waals surface area contributed by atoms with Gasteiger partial charge in [0.05, 0.1) is 0 Å². The molecule has 0 spiro atoms. The maximum Gasteiger partial charge on any atom is 0.223 e. The van der Waals surface area contributed by atoms with Gasteiger partial charge in [-0.25, -0.2) is 4.98 Å². The van der Waals surface area contributed by atoms with Crippen molar-refractivity contribution in [3.05, 3.63) is 11.2 Å². The number of aromatic nitrogens is 2. The molecule has 19 heavy (non-hydrogen) atoms. The van der Waals surface area contributed by atoms with Gasteiger partial charge in [0.15, 0.2) is 0 Å². The minimum Gasteiger partial charge on any atom is -0.368 e. The van der Waals surface area contributed by atoms with Crippen LogP contribution in [0.3, 0.4) is 0 Å². The van der Waals surface area contributed by atoms with Crippen molar-refractivity contribution < 1.29 is 0 Å². The van der Waals surface area contributed by atoms with Gasteiger partial charge in [-0.15, -0.1) is 0 Å². The highest BCUT2D eigenvalue weighted by Gasteiger charge is 2.33. The fourth-order valence-corrected chi connectivity index (χ4v) is 3.43. The summed E-state index contributed by atoms with van der Waals surface area (Å²) >= 11 is 5.99. The number of halogens is 1. The Labute approximate surface area is 118 Å². The van der Waals surface area contributed by atoms with Crippen molar-refractivity contribution in [3.8, 4) is 0 Å². The highest BCUT2D eigenvalue weighted by molar-refractivity contribution is 6.29. The molecular formula is C13H20ClN5. The molecule has 2 aliphatic rings. The number of nitrogen functional groups attached to an aromatic ring is 1. The van der Waals surface area contributed by atoms with Crippen molar-refractivity contribution in [2.45, 2.75) is 38.3 Å². The second-order valence-corrected chi connectivity index (χ2v) is 5.94. The molecule has 3 heterocycles. The summed E-state index contributed by atoms with van der Waals surface area (Å²) in [5, 5.41) is 0.417. The van der Waals surface area contributed by atoms with Crippen molar-refractivity contribution in [3.63, 3.8) is 0 Å². The number of piperidine rings is 1. The minimum absolute atomic E-state index is 0.251. The summed E-state index contributed by atoms with van der Waals surface area (Å²) in [6, 6.07) is 2.88. The molecule has 0 amide bonds. The lowest BCUT2D eigenvalue weighted by Crippen LogP contribution is -2.59. The van der Waals surface area contributed by atoms with E-state index in [4.69, 9.17) is 17.3 Å². The highest BCUT2D eigenvalue weighted by Crippen LogP contribution is 2.28. The first-order chi connectivity index (χ1) is 9.13. The SMILES string of the molecule is CC1CN2CCCCC2CN1c1cc(Cl)nc(N)n1. The van der Waals surface area contributed by atoms with E-state index in [1.807, 2.05) is 6.07 Å². The first-order valence-electron chi connectivity index (χ1n) is 6.94. The molecule has 2 atom stereocenters. The van der Waals surface area contributed by atoms with Crippen LogP contribution in [0.2, 0.25) is 5.15 Å². The summed E-state index contributed by atoms with van der Waals surface area (Å²) in [5.74, 6) is 1.11. The van der Waals surface area contributed by atoms with Gasteiger partial charge < -0.3 is 10.6 Å². The Morgan fingerprint density at radius 1 is 1.32 bits per heavy atom. The Morgan fingerprint density at radius 3 is 2.95 bits per heavy atom. The summed E-state index contributed by atoms with van der Waals surface area (Å²) in [4.78, 5) is 13.2. The molecule has 0 bridgehead atoms. The fraction of sp³-hybridized carbons (Fsp3) is 0.692. The molecule has 0 saturated carbocycles. The number of hydrogen-bond acceptors (Lipinski definition) is 5. The average Bonchev–Trinajstić information content (AvgIpc) is 2.36. The van der Waals surface area contributed by atoms with Gasteiger partial charge in [0.1, 0.15) is 11.0 Å². The quantitative estimate of drug-likeness (QED) is 0.795. The molecule has 0 radical (unpaired) electrons. The van der Waals surface area contributed by atoms with Crippen molar-refractivity contribution in [1.29, 1.82) is 0 Å². The van der Waals surface area contributed by atoms with Gasteiger partial charge in [-0.2, -0.15) is 4.98 Å². The summed E-state index contributed by atoms with van der Waals surface area (Å²) in [7, 11) is 0. The molecule has 104 valence electrons. The molecule has 2 unspecified atom stereocenters. The van der Waals surface area contributed by atoms with E-state index in [0.29, 0.717) is 17.2 Å². The van der Waals surface area contributed by atoms with Gasteiger partial charge in [-0.1, -0.05) is 18.0 Å². The molecule has 5 nitrogen and oxygen atoms in total. The topological polar surface area (TPSA) is 58.3 Å². The third-order valence-corrected chi connectivity index (χ3v) is 4.37. The fourth-order valence-electron chi connectivity index (χ4n) is 3.24. The molecule has 2 saturated heterocycles. The van der Waals surface area contributed by atoms with Crippen molar-refractivity contribution in [2.24, 2.45) is 0 Å². The molecule has 2 fully saturated rings. The van der Waals surface area contributed by atoms with Gasteiger partial charge in [0.2, 0.25) is 5.95 Å². The predicted molar refractivity (Wildman–Crippen MR) is 77.5 cm³/mol. The number of anilines is 2. The summed E-state index contributed by atoms with van der Waals surface area (Å²) in [6.07, 6.45) is 3.93. The van der Waals surface area contributed by atoms with Crippen LogP contribution < -0.4 is 10.6 Å². The maximum absolute atomic E-state index is 5.99. The minimum atomic E-state index is 0.251.